The van der Waals surface area contributed by atoms with E-state index in [4.69, 9.17) is 16.0 Å². The molecular formula is C22H20ClNO6S. The van der Waals surface area contributed by atoms with Gasteiger partial charge in [-0.15, -0.1) is 0 Å². The van der Waals surface area contributed by atoms with Gasteiger partial charge in [0.15, 0.2) is 0 Å². The average Bonchev–Trinajstić information content (AvgIpc) is 2.73. The summed E-state index contributed by atoms with van der Waals surface area (Å²) in [4.78, 5) is 36.4. The first-order chi connectivity index (χ1) is 14.8. The van der Waals surface area contributed by atoms with E-state index in [0.29, 0.717) is 16.7 Å². The summed E-state index contributed by atoms with van der Waals surface area (Å²) in [7, 11) is 0. The number of halogens is 1. The highest BCUT2D eigenvalue weighted by atomic mass is 35.5. The van der Waals surface area contributed by atoms with Crippen molar-refractivity contribution in [1.82, 2.24) is 5.32 Å². The number of carboxylic acid groups (broad SMARTS) is 1. The molecule has 0 spiro atoms. The molecule has 1 unspecified atom stereocenters. The number of thioether (sulfide) groups is 1. The number of aliphatic carboxylic acids is 1. The smallest absolute Gasteiger partial charge is 0.340 e. The lowest BCUT2D eigenvalue weighted by Crippen LogP contribution is -2.43. The van der Waals surface area contributed by atoms with Gasteiger partial charge >= 0.3 is 11.6 Å². The van der Waals surface area contributed by atoms with E-state index in [1.165, 1.54) is 23.9 Å². The maximum atomic E-state index is 12.5. The SMILES string of the molecule is Cc1c(CC(=O)NC(CSCc2ccccc2)C(=O)O)c(=O)oc2cc(O)c(Cl)cc12. The second-order valence-corrected chi connectivity index (χ2v) is 8.37. The standard InChI is InChI=1S/C22H20ClNO6S/c1-12-14-7-16(23)18(25)9-19(14)30-22(29)15(12)8-20(26)24-17(21(27)28)11-31-10-13-5-3-2-4-6-13/h2-7,9,17,25H,8,10-11H2,1H3,(H,24,26)(H,27,28). The third-order valence-electron chi connectivity index (χ3n) is 4.72. The highest BCUT2D eigenvalue weighted by Gasteiger charge is 2.22. The molecule has 31 heavy (non-hydrogen) atoms. The molecule has 3 aromatic rings. The number of amides is 1. The minimum Gasteiger partial charge on any atom is -0.506 e. The van der Waals surface area contributed by atoms with Gasteiger partial charge in [-0.25, -0.2) is 9.59 Å². The number of nitrogens with one attached hydrogen (secondary N) is 1. The third-order valence-corrected chi connectivity index (χ3v) is 6.13. The van der Waals surface area contributed by atoms with Crippen LogP contribution in [0.2, 0.25) is 5.02 Å². The number of carbonyl (C=O) groups excluding carboxylic acids is 1. The van der Waals surface area contributed by atoms with E-state index in [2.05, 4.69) is 5.32 Å². The first-order valence-electron chi connectivity index (χ1n) is 9.35. The van der Waals surface area contributed by atoms with Gasteiger partial charge in [-0.05, 0) is 24.1 Å². The predicted molar refractivity (Wildman–Crippen MR) is 120 cm³/mol. The summed E-state index contributed by atoms with van der Waals surface area (Å²) in [5.41, 5.74) is 1.06. The zero-order valence-electron chi connectivity index (χ0n) is 16.6. The van der Waals surface area contributed by atoms with Crippen molar-refractivity contribution in [3.63, 3.8) is 0 Å². The fourth-order valence-electron chi connectivity index (χ4n) is 3.05. The first kappa shape index (κ1) is 22.7. The molecule has 3 N–H and O–H groups in total. The highest BCUT2D eigenvalue weighted by molar-refractivity contribution is 7.98. The molecule has 0 saturated carbocycles. The Labute approximate surface area is 187 Å². The topological polar surface area (TPSA) is 117 Å². The minimum absolute atomic E-state index is 0.0845. The van der Waals surface area contributed by atoms with Crippen LogP contribution in [0.1, 0.15) is 16.7 Å². The Hall–Kier alpha value is -2.97. The predicted octanol–water partition coefficient (Wildman–Crippen LogP) is 3.51. The molecule has 0 radical (unpaired) electrons. The molecule has 1 amide bonds. The van der Waals surface area contributed by atoms with Crippen LogP contribution in [0.3, 0.4) is 0 Å². The molecule has 1 atom stereocenters. The fourth-order valence-corrected chi connectivity index (χ4v) is 4.22. The van der Waals surface area contributed by atoms with E-state index >= 15 is 0 Å². The van der Waals surface area contributed by atoms with Crippen molar-refractivity contribution in [2.24, 2.45) is 0 Å². The Morgan fingerprint density at radius 1 is 1.23 bits per heavy atom. The number of hydrogen-bond donors (Lipinski definition) is 3. The van der Waals surface area contributed by atoms with Gasteiger partial charge in [-0.2, -0.15) is 11.8 Å². The summed E-state index contributed by atoms with van der Waals surface area (Å²) in [5, 5.41) is 22.2. The lowest BCUT2D eigenvalue weighted by molar-refractivity contribution is -0.141. The van der Waals surface area contributed by atoms with Crippen LogP contribution in [-0.2, 0) is 21.8 Å². The zero-order chi connectivity index (χ0) is 22.5. The molecule has 0 bridgehead atoms. The Balaban J connectivity index is 1.70. The lowest BCUT2D eigenvalue weighted by Gasteiger charge is -2.15. The molecule has 162 valence electrons. The Morgan fingerprint density at radius 2 is 1.94 bits per heavy atom. The summed E-state index contributed by atoms with van der Waals surface area (Å²) in [6, 6.07) is 11.2. The summed E-state index contributed by atoms with van der Waals surface area (Å²) < 4.78 is 5.20. The van der Waals surface area contributed by atoms with Gasteiger partial charge in [0, 0.05) is 23.0 Å². The van der Waals surface area contributed by atoms with Crippen molar-refractivity contribution in [2.75, 3.05) is 5.75 Å². The van der Waals surface area contributed by atoms with Gasteiger partial charge in [-0.3, -0.25) is 4.79 Å². The molecule has 7 nitrogen and oxygen atoms in total. The minimum atomic E-state index is -1.15. The Morgan fingerprint density at radius 3 is 2.61 bits per heavy atom. The van der Waals surface area contributed by atoms with E-state index in [0.717, 1.165) is 5.56 Å². The van der Waals surface area contributed by atoms with Gasteiger partial charge in [0.05, 0.1) is 17.0 Å². The largest absolute Gasteiger partial charge is 0.506 e. The van der Waals surface area contributed by atoms with Crippen LogP contribution in [0.4, 0.5) is 0 Å². The number of hydrogen-bond acceptors (Lipinski definition) is 6. The Bertz CT molecular complexity index is 1180. The molecule has 1 aromatic heterocycles. The third kappa shape index (κ3) is 5.59. The van der Waals surface area contributed by atoms with Crippen molar-refractivity contribution in [2.45, 2.75) is 25.1 Å². The van der Waals surface area contributed by atoms with Crippen LogP contribution in [0.15, 0.2) is 51.7 Å². The zero-order valence-corrected chi connectivity index (χ0v) is 18.1. The number of aromatic hydroxyl groups is 1. The molecule has 0 aliphatic carbocycles. The number of aryl methyl sites for hydroxylation is 1. The van der Waals surface area contributed by atoms with Gasteiger partial charge in [0.2, 0.25) is 5.91 Å². The molecule has 0 fully saturated rings. The summed E-state index contributed by atoms with van der Waals surface area (Å²) in [5.74, 6) is -1.19. The van der Waals surface area contributed by atoms with Gasteiger partial charge < -0.3 is 19.9 Å². The summed E-state index contributed by atoms with van der Waals surface area (Å²) in [6.45, 7) is 1.64. The van der Waals surface area contributed by atoms with Gasteiger partial charge in [-0.1, -0.05) is 41.9 Å². The number of benzene rings is 2. The molecule has 9 heteroatoms. The van der Waals surface area contributed by atoms with E-state index in [-0.39, 0.29) is 34.1 Å². The number of rotatable bonds is 8. The van der Waals surface area contributed by atoms with E-state index in [1.54, 1.807) is 6.92 Å². The van der Waals surface area contributed by atoms with Crippen molar-refractivity contribution < 1.29 is 24.2 Å². The number of fused-ring (bicyclic) bond motifs is 1. The quantitative estimate of drug-likeness (QED) is 0.439. The van der Waals surface area contributed by atoms with Crippen LogP contribution < -0.4 is 10.9 Å². The maximum absolute atomic E-state index is 12.5. The number of carboxylic acids is 1. The van der Waals surface area contributed by atoms with Crippen molar-refractivity contribution in [3.05, 3.63) is 74.6 Å². The van der Waals surface area contributed by atoms with Crippen LogP contribution in [0.5, 0.6) is 5.75 Å². The summed E-state index contributed by atoms with van der Waals surface area (Å²) in [6.07, 6.45) is -0.338. The molecule has 0 aliphatic rings. The molecule has 2 aromatic carbocycles. The van der Waals surface area contributed by atoms with Crippen LogP contribution in [0.25, 0.3) is 11.0 Å². The van der Waals surface area contributed by atoms with Crippen molar-refractivity contribution >= 4 is 46.2 Å². The number of phenolic OH excluding ortho intramolecular Hbond substituents is 1. The Kier molecular flexibility index (Phi) is 7.25. The van der Waals surface area contributed by atoms with Gasteiger partial charge in [0.25, 0.3) is 0 Å². The summed E-state index contributed by atoms with van der Waals surface area (Å²) >= 11 is 7.33. The van der Waals surface area contributed by atoms with Crippen LogP contribution in [-0.4, -0.2) is 33.9 Å². The van der Waals surface area contributed by atoms with E-state index < -0.39 is 23.5 Å². The molecule has 3 rings (SSSR count). The van der Waals surface area contributed by atoms with Crippen LogP contribution >= 0.6 is 23.4 Å². The average molecular weight is 462 g/mol. The molecular weight excluding hydrogens is 442 g/mol. The van der Waals surface area contributed by atoms with E-state index in [9.17, 15) is 24.6 Å². The van der Waals surface area contributed by atoms with Crippen LogP contribution in [0, 0.1) is 6.92 Å². The molecule has 0 saturated heterocycles. The second kappa shape index (κ2) is 9.89. The van der Waals surface area contributed by atoms with Gasteiger partial charge in [0.1, 0.15) is 17.4 Å². The van der Waals surface area contributed by atoms with Crippen molar-refractivity contribution in [3.8, 4) is 5.75 Å². The molecule has 0 aliphatic heterocycles. The molecule has 1 heterocycles. The fraction of sp³-hybridized carbons (Fsp3) is 0.227. The van der Waals surface area contributed by atoms with E-state index in [1.807, 2.05) is 30.3 Å². The maximum Gasteiger partial charge on any atom is 0.340 e. The number of carbonyl (C=O) groups is 2. The lowest BCUT2D eigenvalue weighted by atomic mass is 10.0. The normalized spacial score (nSPS) is 11.9. The first-order valence-corrected chi connectivity index (χ1v) is 10.9. The number of phenols is 1. The highest BCUT2D eigenvalue weighted by Crippen LogP contribution is 2.30. The monoisotopic (exact) mass is 461 g/mol. The van der Waals surface area contributed by atoms with Crippen molar-refractivity contribution in [1.29, 1.82) is 0 Å². The second-order valence-electron chi connectivity index (χ2n) is 6.93.